The molecule has 0 bridgehead atoms. The molecule has 0 radical (unpaired) electrons. The van der Waals surface area contributed by atoms with Crippen molar-refractivity contribution in [2.45, 2.75) is 13.0 Å². The fourth-order valence-corrected chi connectivity index (χ4v) is 1.40. The number of ether oxygens (including phenoxy) is 2. The Bertz CT molecular complexity index is 376. The van der Waals surface area contributed by atoms with E-state index in [4.69, 9.17) is 15.2 Å². The Hall–Kier alpha value is -1.71. The maximum absolute atomic E-state index is 11.0. The largest absolute Gasteiger partial charge is 0.485 e. The smallest absolute Gasteiger partial charge is 0.252 e. The van der Waals surface area contributed by atoms with Gasteiger partial charge in [-0.1, -0.05) is 6.07 Å². The lowest BCUT2D eigenvalue weighted by Gasteiger charge is -2.24. The molecular formula is C10H11NO3. The molecule has 1 atom stereocenters. The van der Waals surface area contributed by atoms with Crippen LogP contribution in [0.2, 0.25) is 0 Å². The maximum Gasteiger partial charge on any atom is 0.252 e. The van der Waals surface area contributed by atoms with Crippen LogP contribution in [0.4, 0.5) is 0 Å². The first-order valence-electron chi connectivity index (χ1n) is 4.41. The van der Waals surface area contributed by atoms with E-state index in [1.54, 1.807) is 18.2 Å². The zero-order chi connectivity index (χ0) is 10.1. The number of hydrogen-bond donors (Lipinski definition) is 1. The van der Waals surface area contributed by atoms with E-state index in [9.17, 15) is 4.79 Å². The lowest BCUT2D eigenvalue weighted by molar-refractivity contribution is 0.0934. The second-order valence-corrected chi connectivity index (χ2v) is 3.24. The molecular weight excluding hydrogens is 182 g/mol. The van der Waals surface area contributed by atoms with Crippen molar-refractivity contribution in [1.82, 2.24) is 0 Å². The fraction of sp³-hybridized carbons (Fsp3) is 0.300. The van der Waals surface area contributed by atoms with E-state index < -0.39 is 5.91 Å². The van der Waals surface area contributed by atoms with Gasteiger partial charge < -0.3 is 15.2 Å². The van der Waals surface area contributed by atoms with Crippen molar-refractivity contribution in [3.05, 3.63) is 23.8 Å². The summed E-state index contributed by atoms with van der Waals surface area (Å²) >= 11 is 0. The second-order valence-electron chi connectivity index (χ2n) is 3.24. The molecule has 1 aliphatic heterocycles. The number of fused-ring (bicyclic) bond motifs is 1. The van der Waals surface area contributed by atoms with Crippen LogP contribution in [0.3, 0.4) is 0 Å². The summed E-state index contributed by atoms with van der Waals surface area (Å²) in [6, 6.07) is 5.11. The van der Waals surface area contributed by atoms with Crippen molar-refractivity contribution >= 4 is 5.91 Å². The Morgan fingerprint density at radius 1 is 1.57 bits per heavy atom. The Labute approximate surface area is 81.6 Å². The molecule has 0 saturated heterocycles. The predicted octanol–water partition coefficient (Wildman–Crippen LogP) is 0.945. The average Bonchev–Trinajstić information content (AvgIpc) is 2.16. The highest BCUT2D eigenvalue weighted by Crippen LogP contribution is 2.34. The number of nitrogens with two attached hydrogens (primary N) is 1. The number of carbonyl (C=O) groups is 1. The van der Waals surface area contributed by atoms with Crippen molar-refractivity contribution in [2.24, 2.45) is 5.73 Å². The van der Waals surface area contributed by atoms with Crippen LogP contribution in [-0.4, -0.2) is 18.6 Å². The van der Waals surface area contributed by atoms with Crippen molar-refractivity contribution in [2.75, 3.05) is 6.61 Å². The summed E-state index contributed by atoms with van der Waals surface area (Å²) in [6.45, 7) is 2.34. The Kier molecular flexibility index (Phi) is 2.04. The van der Waals surface area contributed by atoms with Gasteiger partial charge in [0.2, 0.25) is 0 Å². The highest BCUT2D eigenvalue weighted by molar-refractivity contribution is 5.96. The Morgan fingerprint density at radius 3 is 3.07 bits per heavy atom. The zero-order valence-electron chi connectivity index (χ0n) is 7.82. The highest BCUT2D eigenvalue weighted by atomic mass is 16.6. The van der Waals surface area contributed by atoms with Gasteiger partial charge in [-0.15, -0.1) is 0 Å². The van der Waals surface area contributed by atoms with Gasteiger partial charge in [0.15, 0.2) is 11.5 Å². The number of hydrogen-bond acceptors (Lipinski definition) is 3. The molecule has 1 heterocycles. The summed E-state index contributed by atoms with van der Waals surface area (Å²) in [5.41, 5.74) is 5.57. The van der Waals surface area contributed by atoms with E-state index in [0.717, 1.165) is 0 Å². The number of rotatable bonds is 1. The molecule has 0 fully saturated rings. The van der Waals surface area contributed by atoms with E-state index >= 15 is 0 Å². The molecule has 0 aromatic heterocycles. The van der Waals surface area contributed by atoms with Crippen LogP contribution in [-0.2, 0) is 0 Å². The van der Waals surface area contributed by atoms with E-state index in [1.807, 2.05) is 6.92 Å². The molecule has 0 spiro atoms. The third-order valence-electron chi connectivity index (χ3n) is 2.03. The lowest BCUT2D eigenvalue weighted by Crippen LogP contribution is -2.27. The first-order valence-corrected chi connectivity index (χ1v) is 4.41. The Morgan fingerprint density at radius 2 is 2.36 bits per heavy atom. The molecule has 1 unspecified atom stereocenters. The van der Waals surface area contributed by atoms with E-state index in [1.165, 1.54) is 0 Å². The summed E-state index contributed by atoms with van der Waals surface area (Å²) < 4.78 is 10.9. The van der Waals surface area contributed by atoms with Crippen LogP contribution in [0.25, 0.3) is 0 Å². The van der Waals surface area contributed by atoms with Crippen LogP contribution in [0.1, 0.15) is 17.3 Å². The van der Waals surface area contributed by atoms with Crippen LogP contribution in [0.5, 0.6) is 11.5 Å². The molecule has 0 aliphatic carbocycles. The summed E-state index contributed by atoms with van der Waals surface area (Å²) in [5, 5.41) is 0. The first kappa shape index (κ1) is 8.87. The molecule has 1 amide bonds. The number of benzene rings is 1. The molecule has 1 aliphatic rings. The predicted molar refractivity (Wildman–Crippen MR) is 50.5 cm³/mol. The minimum atomic E-state index is -0.500. The van der Waals surface area contributed by atoms with Gasteiger partial charge in [0.25, 0.3) is 5.91 Å². The summed E-state index contributed by atoms with van der Waals surface area (Å²) in [6.07, 6.45) is 0.00521. The van der Waals surface area contributed by atoms with Crippen molar-refractivity contribution < 1.29 is 14.3 Å². The SMILES string of the molecule is CC1COc2c(cccc2C(N)=O)O1. The van der Waals surface area contributed by atoms with Gasteiger partial charge in [-0.3, -0.25) is 4.79 Å². The molecule has 1 aromatic carbocycles. The van der Waals surface area contributed by atoms with Gasteiger partial charge in [-0.2, -0.15) is 0 Å². The summed E-state index contributed by atoms with van der Waals surface area (Å²) in [5.74, 6) is 0.540. The minimum absolute atomic E-state index is 0.00521. The van der Waals surface area contributed by atoms with E-state index in [2.05, 4.69) is 0 Å². The standard InChI is InChI=1S/C10H11NO3/c1-6-5-13-9-7(10(11)12)3-2-4-8(9)14-6/h2-4,6H,5H2,1H3,(H2,11,12). The average molecular weight is 193 g/mol. The normalized spacial score (nSPS) is 19.1. The van der Waals surface area contributed by atoms with Gasteiger partial charge in [0.05, 0.1) is 5.56 Å². The van der Waals surface area contributed by atoms with Crippen LogP contribution in [0.15, 0.2) is 18.2 Å². The molecule has 14 heavy (non-hydrogen) atoms. The topological polar surface area (TPSA) is 61.5 Å². The van der Waals surface area contributed by atoms with Crippen LogP contribution >= 0.6 is 0 Å². The first-order chi connectivity index (χ1) is 6.68. The van der Waals surface area contributed by atoms with Gasteiger partial charge in [0, 0.05) is 0 Å². The quantitative estimate of drug-likeness (QED) is 0.722. The second kappa shape index (κ2) is 3.21. The number of carbonyl (C=O) groups excluding carboxylic acids is 1. The maximum atomic E-state index is 11.0. The fourth-order valence-electron chi connectivity index (χ4n) is 1.40. The van der Waals surface area contributed by atoms with Crippen molar-refractivity contribution in [1.29, 1.82) is 0 Å². The molecule has 2 N–H and O–H groups in total. The zero-order valence-corrected chi connectivity index (χ0v) is 7.82. The third-order valence-corrected chi connectivity index (χ3v) is 2.03. The molecule has 0 saturated carbocycles. The highest BCUT2D eigenvalue weighted by Gasteiger charge is 2.21. The third kappa shape index (κ3) is 1.39. The van der Waals surface area contributed by atoms with Crippen molar-refractivity contribution in [3.8, 4) is 11.5 Å². The van der Waals surface area contributed by atoms with E-state index in [0.29, 0.717) is 23.7 Å². The van der Waals surface area contributed by atoms with Crippen molar-refractivity contribution in [3.63, 3.8) is 0 Å². The summed E-state index contributed by atoms with van der Waals surface area (Å²) in [4.78, 5) is 11.0. The van der Waals surface area contributed by atoms with E-state index in [-0.39, 0.29) is 6.10 Å². The number of primary amides is 1. The molecule has 4 nitrogen and oxygen atoms in total. The molecule has 1 aromatic rings. The molecule has 4 heteroatoms. The van der Waals surface area contributed by atoms with Crippen LogP contribution in [0, 0.1) is 0 Å². The number of amides is 1. The monoisotopic (exact) mass is 193 g/mol. The van der Waals surface area contributed by atoms with Gasteiger partial charge in [0.1, 0.15) is 12.7 Å². The summed E-state index contributed by atoms with van der Waals surface area (Å²) in [7, 11) is 0. The molecule has 74 valence electrons. The van der Waals surface area contributed by atoms with Crippen LogP contribution < -0.4 is 15.2 Å². The lowest BCUT2D eigenvalue weighted by atomic mass is 10.1. The minimum Gasteiger partial charge on any atom is -0.485 e. The van der Waals surface area contributed by atoms with Gasteiger partial charge >= 0.3 is 0 Å². The molecule has 2 rings (SSSR count). The van der Waals surface area contributed by atoms with Gasteiger partial charge in [-0.25, -0.2) is 0 Å². The number of para-hydroxylation sites is 1. The Balaban J connectivity index is 2.46. The van der Waals surface area contributed by atoms with Gasteiger partial charge in [-0.05, 0) is 19.1 Å².